The molecule has 0 bridgehead atoms. The van der Waals surface area contributed by atoms with Crippen molar-refractivity contribution in [2.24, 2.45) is 5.10 Å². The SMILES string of the molecule is Cc1nc(N/N=C\c2ccccc2Cl)[nH]c(=O)c1CCO. The van der Waals surface area contributed by atoms with Gasteiger partial charge in [-0.2, -0.15) is 5.10 Å². The molecule has 0 atom stereocenters. The molecule has 1 aromatic heterocycles. The minimum atomic E-state index is -0.285. The average Bonchev–Trinajstić information content (AvgIpc) is 2.45. The predicted molar refractivity (Wildman–Crippen MR) is 83.1 cm³/mol. The van der Waals surface area contributed by atoms with Crippen LogP contribution in [0.1, 0.15) is 16.8 Å². The van der Waals surface area contributed by atoms with Gasteiger partial charge in [-0.3, -0.25) is 9.78 Å². The average molecular weight is 307 g/mol. The van der Waals surface area contributed by atoms with E-state index < -0.39 is 0 Å². The topological polar surface area (TPSA) is 90.4 Å². The van der Waals surface area contributed by atoms with E-state index in [1.807, 2.05) is 18.2 Å². The molecular formula is C14H15ClN4O2. The zero-order chi connectivity index (χ0) is 15.2. The number of aromatic nitrogens is 2. The van der Waals surface area contributed by atoms with Crippen LogP contribution in [0.4, 0.5) is 5.95 Å². The fraction of sp³-hybridized carbons (Fsp3) is 0.214. The van der Waals surface area contributed by atoms with Gasteiger partial charge in [-0.25, -0.2) is 10.4 Å². The minimum absolute atomic E-state index is 0.0942. The third kappa shape index (κ3) is 3.90. The Bertz CT molecular complexity index is 712. The van der Waals surface area contributed by atoms with E-state index in [0.717, 1.165) is 5.56 Å². The zero-order valence-corrected chi connectivity index (χ0v) is 12.2. The number of rotatable bonds is 5. The minimum Gasteiger partial charge on any atom is -0.396 e. The summed E-state index contributed by atoms with van der Waals surface area (Å²) in [7, 11) is 0. The van der Waals surface area contributed by atoms with Crippen molar-refractivity contribution >= 4 is 23.8 Å². The fourth-order valence-corrected chi connectivity index (χ4v) is 2.00. The van der Waals surface area contributed by atoms with Crippen LogP contribution in [0.15, 0.2) is 34.2 Å². The lowest BCUT2D eigenvalue weighted by Gasteiger charge is -2.05. The molecule has 1 heterocycles. The molecule has 0 fully saturated rings. The molecule has 0 unspecified atom stereocenters. The number of aryl methyl sites for hydroxylation is 1. The number of aliphatic hydroxyl groups excluding tert-OH is 1. The molecule has 110 valence electrons. The molecule has 0 aliphatic rings. The third-order valence-corrected chi connectivity index (χ3v) is 3.21. The van der Waals surface area contributed by atoms with E-state index in [2.05, 4.69) is 20.5 Å². The molecule has 3 N–H and O–H groups in total. The maximum Gasteiger partial charge on any atom is 0.255 e. The van der Waals surface area contributed by atoms with Gasteiger partial charge in [0.15, 0.2) is 0 Å². The Balaban J connectivity index is 2.14. The Morgan fingerprint density at radius 3 is 2.90 bits per heavy atom. The quantitative estimate of drug-likeness (QED) is 0.579. The van der Waals surface area contributed by atoms with Crippen LogP contribution in [0.25, 0.3) is 0 Å². The second-order valence-corrected chi connectivity index (χ2v) is 4.75. The van der Waals surface area contributed by atoms with Crippen LogP contribution in [0.5, 0.6) is 0 Å². The summed E-state index contributed by atoms with van der Waals surface area (Å²) in [5.41, 5.74) is 4.15. The van der Waals surface area contributed by atoms with Gasteiger partial charge in [0.2, 0.25) is 5.95 Å². The molecular weight excluding hydrogens is 292 g/mol. The Morgan fingerprint density at radius 2 is 2.24 bits per heavy atom. The van der Waals surface area contributed by atoms with Crippen molar-refractivity contribution in [2.75, 3.05) is 12.0 Å². The monoisotopic (exact) mass is 306 g/mol. The van der Waals surface area contributed by atoms with Gasteiger partial charge in [0.25, 0.3) is 5.56 Å². The standard InChI is InChI=1S/C14H15ClN4O2/c1-9-11(6-7-20)13(21)18-14(17-9)19-16-8-10-4-2-3-5-12(10)15/h2-5,8,20H,6-7H2,1H3,(H2,17,18,19,21)/b16-8-. The highest BCUT2D eigenvalue weighted by Gasteiger charge is 2.06. The smallest absolute Gasteiger partial charge is 0.255 e. The number of hydrogen-bond acceptors (Lipinski definition) is 5. The van der Waals surface area contributed by atoms with Crippen molar-refractivity contribution in [2.45, 2.75) is 13.3 Å². The zero-order valence-electron chi connectivity index (χ0n) is 11.4. The second-order valence-electron chi connectivity index (χ2n) is 4.34. The van der Waals surface area contributed by atoms with Gasteiger partial charge in [-0.15, -0.1) is 0 Å². The Hall–Kier alpha value is -2.18. The Labute approximate surface area is 126 Å². The molecule has 21 heavy (non-hydrogen) atoms. The van der Waals surface area contributed by atoms with E-state index in [9.17, 15) is 4.79 Å². The van der Waals surface area contributed by atoms with Gasteiger partial charge in [-0.1, -0.05) is 29.8 Å². The number of H-pyrrole nitrogens is 1. The summed E-state index contributed by atoms with van der Waals surface area (Å²) in [6, 6.07) is 7.26. The number of nitrogens with zero attached hydrogens (tertiary/aromatic N) is 2. The number of aliphatic hydroxyl groups is 1. The van der Waals surface area contributed by atoms with Gasteiger partial charge in [0.1, 0.15) is 0 Å². The van der Waals surface area contributed by atoms with Crippen LogP contribution < -0.4 is 11.0 Å². The third-order valence-electron chi connectivity index (χ3n) is 2.86. The van der Waals surface area contributed by atoms with Crippen molar-refractivity contribution in [1.82, 2.24) is 9.97 Å². The maximum absolute atomic E-state index is 11.8. The molecule has 0 saturated carbocycles. The number of hydrazone groups is 1. The molecule has 0 aliphatic heterocycles. The van der Waals surface area contributed by atoms with Crippen LogP contribution in [0, 0.1) is 6.92 Å². The first kappa shape index (κ1) is 15.2. The lowest BCUT2D eigenvalue weighted by Crippen LogP contribution is -2.19. The lowest BCUT2D eigenvalue weighted by molar-refractivity contribution is 0.298. The van der Waals surface area contributed by atoms with E-state index in [4.69, 9.17) is 16.7 Å². The van der Waals surface area contributed by atoms with Gasteiger partial charge in [0, 0.05) is 29.2 Å². The number of benzene rings is 1. The van der Waals surface area contributed by atoms with Crippen molar-refractivity contribution in [3.05, 3.63) is 56.5 Å². The highest BCUT2D eigenvalue weighted by molar-refractivity contribution is 6.33. The van der Waals surface area contributed by atoms with Gasteiger partial charge in [-0.05, 0) is 13.0 Å². The van der Waals surface area contributed by atoms with Crippen LogP contribution >= 0.6 is 11.6 Å². The summed E-state index contributed by atoms with van der Waals surface area (Å²) < 4.78 is 0. The van der Waals surface area contributed by atoms with E-state index in [1.54, 1.807) is 19.2 Å². The van der Waals surface area contributed by atoms with Gasteiger partial charge in [0.05, 0.1) is 11.9 Å². The van der Waals surface area contributed by atoms with E-state index in [1.165, 1.54) is 0 Å². The Kier molecular flexibility index (Phi) is 5.08. The lowest BCUT2D eigenvalue weighted by atomic mass is 10.2. The van der Waals surface area contributed by atoms with Crippen molar-refractivity contribution in [3.8, 4) is 0 Å². The first-order valence-corrected chi connectivity index (χ1v) is 6.74. The molecule has 1 aromatic carbocycles. The largest absolute Gasteiger partial charge is 0.396 e. The normalized spacial score (nSPS) is 11.0. The number of nitrogens with one attached hydrogen (secondary N) is 2. The second kappa shape index (κ2) is 7.01. The van der Waals surface area contributed by atoms with E-state index >= 15 is 0 Å². The van der Waals surface area contributed by atoms with Crippen molar-refractivity contribution < 1.29 is 5.11 Å². The molecule has 2 rings (SSSR count). The number of aromatic amines is 1. The van der Waals surface area contributed by atoms with Crippen LogP contribution in [-0.4, -0.2) is 27.9 Å². The summed E-state index contributed by atoms with van der Waals surface area (Å²) in [4.78, 5) is 18.6. The van der Waals surface area contributed by atoms with Crippen molar-refractivity contribution in [3.63, 3.8) is 0 Å². The summed E-state index contributed by atoms with van der Waals surface area (Å²) in [5, 5.41) is 13.5. The van der Waals surface area contributed by atoms with E-state index in [-0.39, 0.29) is 24.5 Å². The predicted octanol–water partition coefficient (Wildman–Crippen LogP) is 1.71. The van der Waals surface area contributed by atoms with Crippen molar-refractivity contribution in [1.29, 1.82) is 0 Å². The van der Waals surface area contributed by atoms with E-state index in [0.29, 0.717) is 16.3 Å². The number of anilines is 1. The molecule has 6 nitrogen and oxygen atoms in total. The summed E-state index contributed by atoms with van der Waals surface area (Å²) in [5.74, 6) is 0.238. The summed E-state index contributed by atoms with van der Waals surface area (Å²) in [6.07, 6.45) is 1.82. The summed E-state index contributed by atoms with van der Waals surface area (Å²) >= 11 is 6.00. The molecule has 0 saturated heterocycles. The molecule has 0 aliphatic carbocycles. The first-order valence-electron chi connectivity index (χ1n) is 6.36. The number of hydrogen-bond donors (Lipinski definition) is 3. The Morgan fingerprint density at radius 1 is 1.48 bits per heavy atom. The van der Waals surface area contributed by atoms with Crippen LogP contribution in [0.3, 0.4) is 0 Å². The molecule has 0 radical (unpaired) electrons. The fourth-order valence-electron chi connectivity index (χ4n) is 1.81. The van der Waals surface area contributed by atoms with Crippen LogP contribution in [-0.2, 0) is 6.42 Å². The first-order chi connectivity index (χ1) is 10.1. The molecule has 7 heteroatoms. The highest BCUT2D eigenvalue weighted by Crippen LogP contribution is 2.12. The molecule has 2 aromatic rings. The highest BCUT2D eigenvalue weighted by atomic mass is 35.5. The molecule has 0 amide bonds. The van der Waals surface area contributed by atoms with Crippen LogP contribution in [0.2, 0.25) is 5.02 Å². The summed E-state index contributed by atoms with van der Waals surface area (Å²) in [6.45, 7) is 1.62. The molecule has 0 spiro atoms. The van der Waals surface area contributed by atoms with Gasteiger partial charge >= 0.3 is 0 Å². The number of halogens is 1. The van der Waals surface area contributed by atoms with Gasteiger partial charge < -0.3 is 5.11 Å². The maximum atomic E-state index is 11.8.